The number of anilines is 1. The number of nitrogens with zero attached hydrogens (tertiary/aromatic N) is 3. The van der Waals surface area contributed by atoms with Crippen LogP contribution in [0.2, 0.25) is 0 Å². The Balaban J connectivity index is 1.71. The third-order valence-electron chi connectivity index (χ3n) is 4.20. The van der Waals surface area contributed by atoms with Crippen molar-refractivity contribution in [1.29, 1.82) is 0 Å². The topological polar surface area (TPSA) is 54.2 Å². The van der Waals surface area contributed by atoms with Crippen LogP contribution in [-0.2, 0) is 0 Å². The molecule has 118 valence electrons. The first-order valence-electron chi connectivity index (χ1n) is 7.88. The maximum absolute atomic E-state index is 14.1. The van der Waals surface area contributed by atoms with E-state index in [0.717, 1.165) is 18.9 Å². The zero-order chi connectivity index (χ0) is 15.6. The van der Waals surface area contributed by atoms with E-state index in [1.54, 1.807) is 22.8 Å². The van der Waals surface area contributed by atoms with Crippen LogP contribution in [0.5, 0.6) is 0 Å². The summed E-state index contributed by atoms with van der Waals surface area (Å²) in [5, 5.41) is 11.2. The molecule has 2 aromatic heterocycles. The Morgan fingerprint density at radius 3 is 3.04 bits per heavy atom. The van der Waals surface area contributed by atoms with E-state index >= 15 is 0 Å². The smallest absolute Gasteiger partial charge is 0.157 e. The predicted octanol–water partition coefficient (Wildman–Crippen LogP) is 2.70. The van der Waals surface area contributed by atoms with Crippen LogP contribution >= 0.6 is 0 Å². The predicted molar refractivity (Wildman–Crippen MR) is 87.9 cm³/mol. The van der Waals surface area contributed by atoms with Gasteiger partial charge in [0.05, 0.1) is 11.9 Å². The highest BCUT2D eigenvalue weighted by molar-refractivity contribution is 5.66. The second-order valence-corrected chi connectivity index (χ2v) is 5.78. The van der Waals surface area contributed by atoms with Crippen LogP contribution in [0.25, 0.3) is 16.9 Å². The Hall–Kier alpha value is -2.47. The van der Waals surface area contributed by atoms with Gasteiger partial charge in [0.1, 0.15) is 11.6 Å². The fourth-order valence-corrected chi connectivity index (χ4v) is 3.00. The highest BCUT2D eigenvalue weighted by Crippen LogP contribution is 2.24. The molecule has 0 aliphatic carbocycles. The minimum absolute atomic E-state index is 0.271. The minimum Gasteiger partial charge on any atom is -0.368 e. The zero-order valence-electron chi connectivity index (χ0n) is 12.7. The van der Waals surface area contributed by atoms with Crippen molar-refractivity contribution in [3.05, 3.63) is 48.4 Å². The van der Waals surface area contributed by atoms with E-state index < -0.39 is 0 Å². The molecule has 1 aliphatic rings. The molecule has 2 N–H and O–H groups in total. The number of hydrogen-bond donors (Lipinski definition) is 2. The molecule has 4 rings (SSSR count). The quantitative estimate of drug-likeness (QED) is 0.778. The number of nitrogens with one attached hydrogen (secondary N) is 2. The average molecular weight is 311 g/mol. The SMILES string of the molecule is Fc1ccccc1-c1cc(NC[C@H]2CCCN2)n2nccc2n1. The lowest BCUT2D eigenvalue weighted by Gasteiger charge is -2.14. The molecule has 1 aromatic carbocycles. The van der Waals surface area contributed by atoms with Gasteiger partial charge in [0.25, 0.3) is 0 Å². The largest absolute Gasteiger partial charge is 0.368 e. The first-order valence-corrected chi connectivity index (χ1v) is 7.88. The van der Waals surface area contributed by atoms with Crippen molar-refractivity contribution in [3.8, 4) is 11.3 Å². The Bertz CT molecular complexity index is 823. The standard InChI is InChI=1S/C17H18FN5/c18-14-6-2-1-5-13(14)15-10-17(20-11-12-4-3-8-19-12)23-16(22-15)7-9-21-23/h1-2,5-7,9-10,12,19-20H,3-4,8,11H2/t12-/m1/s1. The molecule has 6 heteroatoms. The molecule has 0 bridgehead atoms. The van der Waals surface area contributed by atoms with Crippen LogP contribution in [0.15, 0.2) is 42.6 Å². The number of hydrogen-bond acceptors (Lipinski definition) is 4. The van der Waals surface area contributed by atoms with Crippen LogP contribution in [0.4, 0.5) is 10.2 Å². The van der Waals surface area contributed by atoms with Crippen LogP contribution in [-0.4, -0.2) is 33.7 Å². The van der Waals surface area contributed by atoms with Gasteiger partial charge in [-0.1, -0.05) is 12.1 Å². The van der Waals surface area contributed by atoms with Gasteiger partial charge < -0.3 is 10.6 Å². The maximum atomic E-state index is 14.1. The molecule has 0 amide bonds. The van der Waals surface area contributed by atoms with Gasteiger partial charge in [-0.15, -0.1) is 0 Å². The van der Waals surface area contributed by atoms with Gasteiger partial charge in [-0.05, 0) is 31.5 Å². The number of fused-ring (bicyclic) bond motifs is 1. The second-order valence-electron chi connectivity index (χ2n) is 5.78. The van der Waals surface area contributed by atoms with Crippen molar-refractivity contribution in [1.82, 2.24) is 19.9 Å². The molecule has 5 nitrogen and oxygen atoms in total. The van der Waals surface area contributed by atoms with Gasteiger partial charge in [-0.25, -0.2) is 9.37 Å². The molecule has 1 aliphatic heterocycles. The maximum Gasteiger partial charge on any atom is 0.157 e. The van der Waals surface area contributed by atoms with Crippen molar-refractivity contribution in [2.45, 2.75) is 18.9 Å². The van der Waals surface area contributed by atoms with Gasteiger partial charge in [-0.3, -0.25) is 0 Å². The van der Waals surface area contributed by atoms with Crippen molar-refractivity contribution in [3.63, 3.8) is 0 Å². The van der Waals surface area contributed by atoms with Crippen LogP contribution in [0.3, 0.4) is 0 Å². The van der Waals surface area contributed by atoms with E-state index in [4.69, 9.17) is 0 Å². The van der Waals surface area contributed by atoms with Crippen molar-refractivity contribution in [2.75, 3.05) is 18.4 Å². The summed E-state index contributed by atoms with van der Waals surface area (Å²) in [7, 11) is 0. The highest BCUT2D eigenvalue weighted by Gasteiger charge is 2.15. The molecule has 3 aromatic rings. The molecule has 0 spiro atoms. The first kappa shape index (κ1) is 14.1. The fraction of sp³-hybridized carbons (Fsp3) is 0.294. The summed E-state index contributed by atoms with van der Waals surface area (Å²) in [6.07, 6.45) is 4.08. The summed E-state index contributed by atoms with van der Waals surface area (Å²) >= 11 is 0. The molecular weight excluding hydrogens is 293 g/mol. The highest BCUT2D eigenvalue weighted by atomic mass is 19.1. The third kappa shape index (κ3) is 2.77. The van der Waals surface area contributed by atoms with Gasteiger partial charge >= 0.3 is 0 Å². The Labute approximate surface area is 133 Å². The first-order chi connectivity index (χ1) is 11.3. The second kappa shape index (κ2) is 5.96. The lowest BCUT2D eigenvalue weighted by atomic mass is 10.1. The Kier molecular flexibility index (Phi) is 3.67. The minimum atomic E-state index is -0.271. The number of rotatable bonds is 4. The molecule has 1 atom stereocenters. The molecule has 1 saturated heterocycles. The monoisotopic (exact) mass is 311 g/mol. The summed E-state index contributed by atoms with van der Waals surface area (Å²) < 4.78 is 15.8. The van der Waals surface area contributed by atoms with Crippen molar-refractivity contribution in [2.24, 2.45) is 0 Å². The molecule has 3 heterocycles. The summed E-state index contributed by atoms with van der Waals surface area (Å²) in [5.74, 6) is 0.555. The van der Waals surface area contributed by atoms with E-state index in [1.807, 2.05) is 18.2 Å². The molecular formula is C17H18FN5. The van der Waals surface area contributed by atoms with Crippen molar-refractivity contribution >= 4 is 11.5 Å². The third-order valence-corrected chi connectivity index (χ3v) is 4.20. The van der Waals surface area contributed by atoms with E-state index in [9.17, 15) is 4.39 Å². The van der Waals surface area contributed by atoms with E-state index in [-0.39, 0.29) is 5.82 Å². The summed E-state index contributed by atoms with van der Waals surface area (Å²) in [6, 6.07) is 10.8. The van der Waals surface area contributed by atoms with Gasteiger partial charge in [0.15, 0.2) is 5.65 Å². The number of halogens is 1. The molecule has 0 saturated carbocycles. The summed E-state index contributed by atoms with van der Waals surface area (Å²) in [4.78, 5) is 4.51. The zero-order valence-corrected chi connectivity index (χ0v) is 12.7. The van der Waals surface area contributed by atoms with Crippen molar-refractivity contribution < 1.29 is 4.39 Å². The Morgan fingerprint density at radius 1 is 1.30 bits per heavy atom. The normalized spacial score (nSPS) is 17.7. The van der Waals surface area contributed by atoms with E-state index in [2.05, 4.69) is 20.7 Å². The molecule has 23 heavy (non-hydrogen) atoms. The lowest BCUT2D eigenvalue weighted by molar-refractivity contribution is 0.629. The molecule has 0 radical (unpaired) electrons. The molecule has 1 fully saturated rings. The van der Waals surface area contributed by atoms with Gasteiger partial charge in [0.2, 0.25) is 0 Å². The fourth-order valence-electron chi connectivity index (χ4n) is 3.00. The number of benzene rings is 1. The molecule has 0 unspecified atom stereocenters. The average Bonchev–Trinajstić information content (AvgIpc) is 3.24. The van der Waals surface area contributed by atoms with Crippen LogP contribution in [0.1, 0.15) is 12.8 Å². The Morgan fingerprint density at radius 2 is 2.22 bits per heavy atom. The van der Waals surface area contributed by atoms with E-state index in [1.165, 1.54) is 18.9 Å². The lowest BCUT2D eigenvalue weighted by Crippen LogP contribution is -2.29. The summed E-state index contributed by atoms with van der Waals surface area (Å²) in [5.41, 5.74) is 1.81. The van der Waals surface area contributed by atoms with Gasteiger partial charge in [0, 0.05) is 30.3 Å². The van der Waals surface area contributed by atoms with E-state index in [0.29, 0.717) is 22.9 Å². The van der Waals surface area contributed by atoms with Crippen LogP contribution < -0.4 is 10.6 Å². The summed E-state index contributed by atoms with van der Waals surface area (Å²) in [6.45, 7) is 1.88. The number of aromatic nitrogens is 3. The van der Waals surface area contributed by atoms with Gasteiger partial charge in [-0.2, -0.15) is 9.61 Å². The van der Waals surface area contributed by atoms with Crippen LogP contribution in [0, 0.1) is 5.82 Å².